The molecule has 3 aromatic rings. The predicted octanol–water partition coefficient (Wildman–Crippen LogP) is 3.17. The predicted molar refractivity (Wildman–Crippen MR) is 119 cm³/mol. The molecule has 0 aliphatic carbocycles. The molecule has 4 aliphatic heterocycles. The third kappa shape index (κ3) is 2.50. The number of nitrogens with zero attached hydrogens (tertiary/aromatic N) is 5. The van der Waals surface area contributed by atoms with Crippen molar-refractivity contribution < 1.29 is 19.0 Å². The molecule has 1 amide bonds. The van der Waals surface area contributed by atoms with Gasteiger partial charge in [-0.1, -0.05) is 34.7 Å². The van der Waals surface area contributed by atoms with Crippen molar-refractivity contribution in [1.29, 1.82) is 0 Å². The molecule has 4 aliphatic rings. The summed E-state index contributed by atoms with van der Waals surface area (Å²) < 4.78 is 16.6. The summed E-state index contributed by atoms with van der Waals surface area (Å²) in [6, 6.07) is 15.5. The minimum absolute atomic E-state index is 0.0831. The van der Waals surface area contributed by atoms with E-state index in [0.717, 1.165) is 27.9 Å². The van der Waals surface area contributed by atoms with Gasteiger partial charge in [0, 0.05) is 23.5 Å². The van der Waals surface area contributed by atoms with Gasteiger partial charge >= 0.3 is 0 Å². The molecule has 34 heavy (non-hydrogen) atoms. The van der Waals surface area contributed by atoms with E-state index in [1.54, 1.807) is 13.3 Å². The Bertz CT molecular complexity index is 1360. The number of anilines is 1. The second-order valence-electron chi connectivity index (χ2n) is 8.65. The van der Waals surface area contributed by atoms with E-state index in [2.05, 4.69) is 20.7 Å². The Labute approximate surface area is 194 Å². The standard InChI is InChI=1S/C24H20N6O4/c1-32-21-7-6-14(10-25-21)11-29-22-15-8-19-20(34-13-33-19)9-17(15)24(12-30(22)28-27-29)16-4-2-3-5-18(16)26-23(24)31/h2-10,22H,11-13H2,1H3,(H,26,31). The summed E-state index contributed by atoms with van der Waals surface area (Å²) in [5, 5.41) is 15.8. The number of aromatic nitrogens is 1. The number of benzene rings is 2. The number of para-hydroxylation sites is 1. The van der Waals surface area contributed by atoms with E-state index in [4.69, 9.17) is 14.2 Å². The van der Waals surface area contributed by atoms with Gasteiger partial charge in [0.1, 0.15) is 5.41 Å². The molecule has 10 heteroatoms. The summed E-state index contributed by atoms with van der Waals surface area (Å²) in [7, 11) is 1.59. The molecule has 0 saturated heterocycles. The number of carbonyl (C=O) groups excluding carboxylic acids is 1. The lowest BCUT2D eigenvalue weighted by Crippen LogP contribution is -2.51. The van der Waals surface area contributed by atoms with Crippen molar-refractivity contribution in [2.45, 2.75) is 18.1 Å². The molecular formula is C24H20N6O4. The Balaban J connectivity index is 1.36. The monoisotopic (exact) mass is 456 g/mol. The third-order valence-electron chi connectivity index (χ3n) is 6.89. The second kappa shape index (κ2) is 6.83. The Morgan fingerprint density at radius 3 is 2.79 bits per heavy atom. The van der Waals surface area contributed by atoms with Gasteiger partial charge in [0.05, 0.1) is 20.2 Å². The van der Waals surface area contributed by atoms with Gasteiger partial charge in [-0.25, -0.2) is 15.0 Å². The van der Waals surface area contributed by atoms with Crippen molar-refractivity contribution in [2.75, 3.05) is 25.8 Å². The number of methoxy groups -OCH3 is 1. The van der Waals surface area contributed by atoms with Crippen LogP contribution in [0.2, 0.25) is 0 Å². The first kappa shape index (κ1) is 19.2. The van der Waals surface area contributed by atoms with Crippen LogP contribution >= 0.6 is 0 Å². The van der Waals surface area contributed by atoms with E-state index in [-0.39, 0.29) is 18.9 Å². The van der Waals surface area contributed by atoms with Crippen LogP contribution in [-0.4, -0.2) is 41.4 Å². The van der Waals surface area contributed by atoms with Crippen LogP contribution in [0, 0.1) is 0 Å². The molecule has 0 bridgehead atoms. The lowest BCUT2D eigenvalue weighted by atomic mass is 9.70. The number of carbonyl (C=O) groups is 1. The van der Waals surface area contributed by atoms with Crippen LogP contribution in [0.5, 0.6) is 17.4 Å². The molecule has 1 N–H and O–H groups in total. The molecule has 0 saturated carbocycles. The number of amides is 1. The smallest absolute Gasteiger partial charge is 0.241 e. The Kier molecular flexibility index (Phi) is 3.85. The van der Waals surface area contributed by atoms with E-state index in [1.165, 1.54) is 0 Å². The SMILES string of the molecule is COc1ccc(CN2N=NN3CC4(C(=O)Nc5ccccc54)c4cc5c(cc4C23)OCO5)cn1. The highest BCUT2D eigenvalue weighted by molar-refractivity contribution is 6.09. The maximum atomic E-state index is 13.6. The van der Waals surface area contributed by atoms with Crippen molar-refractivity contribution in [1.82, 2.24) is 15.0 Å². The van der Waals surface area contributed by atoms with E-state index < -0.39 is 5.41 Å². The summed E-state index contributed by atoms with van der Waals surface area (Å²) >= 11 is 0. The zero-order valence-corrected chi connectivity index (χ0v) is 18.3. The van der Waals surface area contributed by atoms with Crippen molar-refractivity contribution in [3.8, 4) is 17.4 Å². The molecular weight excluding hydrogens is 436 g/mol. The molecule has 5 heterocycles. The third-order valence-corrected chi connectivity index (χ3v) is 6.89. The molecule has 7 rings (SSSR count). The van der Waals surface area contributed by atoms with Gasteiger partial charge in [-0.05, 0) is 34.9 Å². The molecule has 170 valence electrons. The summed E-state index contributed by atoms with van der Waals surface area (Å²) in [5.74, 6) is 1.76. The van der Waals surface area contributed by atoms with Gasteiger partial charge in [0.2, 0.25) is 18.6 Å². The molecule has 1 aromatic heterocycles. The zero-order valence-electron chi connectivity index (χ0n) is 18.3. The topological polar surface area (TPSA) is 101 Å². The number of hydrogen-bond acceptors (Lipinski definition) is 9. The van der Waals surface area contributed by atoms with Crippen LogP contribution in [-0.2, 0) is 16.8 Å². The number of pyridine rings is 1. The van der Waals surface area contributed by atoms with Crippen LogP contribution in [0.4, 0.5) is 5.69 Å². The second-order valence-corrected chi connectivity index (χ2v) is 8.65. The summed E-state index contributed by atoms with van der Waals surface area (Å²) in [6.07, 6.45) is 1.47. The fourth-order valence-corrected chi connectivity index (χ4v) is 5.33. The largest absolute Gasteiger partial charge is 0.481 e. The lowest BCUT2D eigenvalue weighted by molar-refractivity contribution is -0.121. The van der Waals surface area contributed by atoms with Crippen molar-refractivity contribution in [3.05, 3.63) is 77.0 Å². The van der Waals surface area contributed by atoms with Gasteiger partial charge in [0.15, 0.2) is 17.7 Å². The molecule has 1 spiro atoms. The molecule has 2 atom stereocenters. The van der Waals surface area contributed by atoms with Crippen LogP contribution in [0.3, 0.4) is 0 Å². The number of ether oxygens (including phenoxy) is 3. The summed E-state index contributed by atoms with van der Waals surface area (Å²) in [4.78, 5) is 17.9. The van der Waals surface area contributed by atoms with Crippen LogP contribution in [0.25, 0.3) is 0 Å². The maximum Gasteiger partial charge on any atom is 0.241 e. The van der Waals surface area contributed by atoms with E-state index in [1.807, 2.05) is 58.5 Å². The average Bonchev–Trinajstić information content (AvgIpc) is 3.55. The quantitative estimate of drug-likeness (QED) is 0.646. The highest BCUT2D eigenvalue weighted by Gasteiger charge is 2.57. The normalized spacial score (nSPS) is 23.1. The zero-order chi connectivity index (χ0) is 22.9. The van der Waals surface area contributed by atoms with Crippen molar-refractivity contribution in [2.24, 2.45) is 10.4 Å². The Morgan fingerprint density at radius 2 is 1.97 bits per heavy atom. The Morgan fingerprint density at radius 1 is 1.12 bits per heavy atom. The van der Waals surface area contributed by atoms with Crippen LogP contribution in [0.1, 0.15) is 28.4 Å². The van der Waals surface area contributed by atoms with Crippen LogP contribution in [0.15, 0.2) is 65.2 Å². The first-order valence-electron chi connectivity index (χ1n) is 11.0. The van der Waals surface area contributed by atoms with E-state index in [0.29, 0.717) is 30.5 Å². The molecule has 10 nitrogen and oxygen atoms in total. The summed E-state index contributed by atoms with van der Waals surface area (Å²) in [6.45, 7) is 0.998. The molecule has 0 radical (unpaired) electrons. The van der Waals surface area contributed by atoms with Gasteiger partial charge < -0.3 is 19.5 Å². The number of rotatable bonds is 3. The molecule has 2 aromatic carbocycles. The van der Waals surface area contributed by atoms with Crippen molar-refractivity contribution in [3.63, 3.8) is 0 Å². The van der Waals surface area contributed by atoms with Crippen molar-refractivity contribution >= 4 is 11.6 Å². The number of fused-ring (bicyclic) bond motifs is 7. The number of hydrogen-bond donors (Lipinski definition) is 1. The lowest BCUT2D eigenvalue weighted by Gasteiger charge is -2.42. The highest BCUT2D eigenvalue weighted by atomic mass is 16.7. The van der Waals surface area contributed by atoms with E-state index >= 15 is 0 Å². The molecule has 0 fully saturated rings. The fourth-order valence-electron chi connectivity index (χ4n) is 5.33. The van der Waals surface area contributed by atoms with Gasteiger partial charge in [-0.3, -0.25) is 4.79 Å². The first-order chi connectivity index (χ1) is 16.7. The maximum absolute atomic E-state index is 13.6. The van der Waals surface area contributed by atoms with Gasteiger partial charge in [0.25, 0.3) is 0 Å². The van der Waals surface area contributed by atoms with E-state index in [9.17, 15) is 4.79 Å². The first-order valence-corrected chi connectivity index (χ1v) is 11.0. The minimum atomic E-state index is -0.930. The highest BCUT2D eigenvalue weighted by Crippen LogP contribution is 2.54. The van der Waals surface area contributed by atoms with Gasteiger partial charge in [-0.2, -0.15) is 0 Å². The number of nitrogens with one attached hydrogen (secondary N) is 1. The van der Waals surface area contributed by atoms with Gasteiger partial charge in [-0.15, -0.1) is 0 Å². The Hall–Kier alpha value is -4.34. The minimum Gasteiger partial charge on any atom is -0.481 e. The molecule has 2 unspecified atom stereocenters. The average molecular weight is 456 g/mol. The summed E-state index contributed by atoms with van der Waals surface area (Å²) in [5.41, 5.74) is 3.56. The fraction of sp³-hybridized carbons (Fsp3) is 0.250. The van der Waals surface area contributed by atoms with Crippen LogP contribution < -0.4 is 19.5 Å².